The molecule has 1 aromatic heterocycles. The Balaban J connectivity index is 1.73. The van der Waals surface area contributed by atoms with Crippen molar-refractivity contribution < 1.29 is 4.79 Å². The van der Waals surface area contributed by atoms with E-state index in [1.165, 1.54) is 10.4 Å². The number of hydrogen-bond donors (Lipinski definition) is 0. The van der Waals surface area contributed by atoms with Gasteiger partial charge >= 0.3 is 0 Å². The zero-order valence-electron chi connectivity index (χ0n) is 14.2. The molecule has 0 N–H and O–H groups in total. The fourth-order valence-electron chi connectivity index (χ4n) is 3.46. The number of amides is 1. The van der Waals surface area contributed by atoms with E-state index in [0.717, 1.165) is 24.2 Å². The molecule has 2 aromatic rings. The molecule has 0 spiro atoms. The second-order valence-corrected chi connectivity index (χ2v) is 7.38. The van der Waals surface area contributed by atoms with Gasteiger partial charge in [0.25, 0.3) is 5.91 Å². The van der Waals surface area contributed by atoms with Crippen LogP contribution in [0.25, 0.3) is 0 Å². The normalized spacial score (nSPS) is 19.6. The Morgan fingerprint density at radius 1 is 1.20 bits per heavy atom. The van der Waals surface area contributed by atoms with Gasteiger partial charge in [-0.3, -0.25) is 4.79 Å². The van der Waals surface area contributed by atoms with Gasteiger partial charge < -0.3 is 9.80 Å². The zero-order chi connectivity index (χ0) is 17.4. The number of fused-ring (bicyclic) bond motifs is 1. The lowest BCUT2D eigenvalue weighted by molar-refractivity contribution is -0.128. The predicted octanol–water partition coefficient (Wildman–Crippen LogP) is 4.12. The van der Waals surface area contributed by atoms with E-state index in [4.69, 9.17) is 0 Å². The highest BCUT2D eigenvalue weighted by Crippen LogP contribution is 2.38. The van der Waals surface area contributed by atoms with Gasteiger partial charge in [0.05, 0.1) is 11.6 Å². The summed E-state index contributed by atoms with van der Waals surface area (Å²) < 4.78 is 0. The molecule has 3 nitrogen and oxygen atoms in total. The summed E-state index contributed by atoms with van der Waals surface area (Å²) in [6.07, 6.45) is 6.55. The van der Waals surface area contributed by atoms with E-state index in [1.807, 2.05) is 53.4 Å². The van der Waals surface area contributed by atoms with Crippen molar-refractivity contribution in [2.45, 2.75) is 12.5 Å². The van der Waals surface area contributed by atoms with Gasteiger partial charge in [-0.1, -0.05) is 36.9 Å². The highest BCUT2D eigenvalue weighted by Gasteiger charge is 2.33. The molecule has 0 aliphatic carbocycles. The molecule has 0 radical (unpaired) electrons. The van der Waals surface area contributed by atoms with Crippen LogP contribution in [0, 0.1) is 0 Å². The summed E-state index contributed by atoms with van der Waals surface area (Å²) >= 11 is 1.79. The lowest BCUT2D eigenvalue weighted by Gasteiger charge is -2.37. The molecule has 3 heterocycles. The molecular weight excluding hydrogens is 328 g/mol. The second kappa shape index (κ2) is 6.37. The van der Waals surface area contributed by atoms with Gasteiger partial charge in [0.2, 0.25) is 0 Å². The average Bonchev–Trinajstić information content (AvgIpc) is 3.12. The SMILES string of the molecule is C=C1C=CC(C(=O)N2CCc3sccc3C2c2ccccc2)=CN1C. The first-order valence-corrected chi connectivity index (χ1v) is 9.27. The van der Waals surface area contributed by atoms with Crippen LogP contribution < -0.4 is 0 Å². The Morgan fingerprint density at radius 2 is 2.00 bits per heavy atom. The van der Waals surface area contributed by atoms with Crippen LogP contribution in [0.3, 0.4) is 0 Å². The molecule has 4 rings (SSSR count). The summed E-state index contributed by atoms with van der Waals surface area (Å²) in [7, 11) is 1.92. The summed E-state index contributed by atoms with van der Waals surface area (Å²) in [5.74, 6) is 0.0707. The minimum Gasteiger partial charge on any atom is -0.351 e. The summed E-state index contributed by atoms with van der Waals surface area (Å²) in [6.45, 7) is 4.70. The lowest BCUT2D eigenvalue weighted by atomic mass is 9.92. The van der Waals surface area contributed by atoms with Crippen molar-refractivity contribution in [2.75, 3.05) is 13.6 Å². The molecule has 25 heavy (non-hydrogen) atoms. The van der Waals surface area contributed by atoms with E-state index < -0.39 is 0 Å². The van der Waals surface area contributed by atoms with Gasteiger partial charge in [0.15, 0.2) is 0 Å². The Labute approximate surface area is 152 Å². The van der Waals surface area contributed by atoms with Gasteiger partial charge in [0.1, 0.15) is 0 Å². The van der Waals surface area contributed by atoms with Crippen LogP contribution in [0.2, 0.25) is 0 Å². The number of hydrogen-bond acceptors (Lipinski definition) is 3. The molecule has 1 atom stereocenters. The molecule has 4 heteroatoms. The number of nitrogens with zero attached hydrogens (tertiary/aromatic N) is 2. The van der Waals surface area contributed by atoms with Gasteiger partial charge in [-0.05, 0) is 41.1 Å². The first-order chi connectivity index (χ1) is 12.1. The molecule has 2 aliphatic rings. The van der Waals surface area contributed by atoms with E-state index in [9.17, 15) is 4.79 Å². The van der Waals surface area contributed by atoms with Crippen LogP contribution >= 0.6 is 11.3 Å². The van der Waals surface area contributed by atoms with E-state index in [1.54, 1.807) is 11.3 Å². The smallest absolute Gasteiger partial charge is 0.256 e. The van der Waals surface area contributed by atoms with Gasteiger partial charge in [-0.25, -0.2) is 0 Å². The second-order valence-electron chi connectivity index (χ2n) is 6.38. The number of allylic oxidation sites excluding steroid dienone is 1. The Bertz CT molecular complexity index is 878. The van der Waals surface area contributed by atoms with Crippen LogP contribution in [0.1, 0.15) is 22.0 Å². The van der Waals surface area contributed by atoms with Crippen molar-refractivity contribution in [3.8, 4) is 0 Å². The van der Waals surface area contributed by atoms with Crippen LogP contribution in [-0.2, 0) is 11.2 Å². The Hall–Kier alpha value is -2.59. The molecule has 1 unspecified atom stereocenters. The molecule has 1 aromatic carbocycles. The zero-order valence-corrected chi connectivity index (χ0v) is 15.0. The monoisotopic (exact) mass is 348 g/mol. The maximum atomic E-state index is 13.3. The Kier molecular flexibility index (Phi) is 4.06. The van der Waals surface area contributed by atoms with Crippen LogP contribution in [-0.4, -0.2) is 29.3 Å². The molecule has 0 saturated heterocycles. The Morgan fingerprint density at radius 3 is 2.76 bits per heavy atom. The molecule has 2 aliphatic heterocycles. The average molecular weight is 348 g/mol. The molecular formula is C21H20N2OS. The van der Waals surface area contributed by atoms with Crippen LogP contribution in [0.4, 0.5) is 0 Å². The largest absolute Gasteiger partial charge is 0.351 e. The van der Waals surface area contributed by atoms with Crippen molar-refractivity contribution >= 4 is 17.2 Å². The topological polar surface area (TPSA) is 23.6 Å². The van der Waals surface area contributed by atoms with Crippen molar-refractivity contribution in [3.63, 3.8) is 0 Å². The van der Waals surface area contributed by atoms with Gasteiger partial charge in [-0.2, -0.15) is 0 Å². The molecule has 126 valence electrons. The summed E-state index contributed by atoms with van der Waals surface area (Å²) in [5, 5.41) is 2.13. The number of rotatable bonds is 2. The van der Waals surface area contributed by atoms with Crippen molar-refractivity contribution in [1.82, 2.24) is 9.80 Å². The van der Waals surface area contributed by atoms with Crippen molar-refractivity contribution in [1.29, 1.82) is 0 Å². The van der Waals surface area contributed by atoms with E-state index in [2.05, 4.69) is 30.2 Å². The van der Waals surface area contributed by atoms with E-state index >= 15 is 0 Å². The number of carbonyl (C=O) groups excluding carboxylic acids is 1. The third kappa shape index (κ3) is 2.83. The van der Waals surface area contributed by atoms with Gasteiger partial charge in [-0.15, -0.1) is 11.3 Å². The predicted molar refractivity (Wildman–Crippen MR) is 102 cm³/mol. The van der Waals surface area contributed by atoms with Gasteiger partial charge in [0, 0.05) is 30.4 Å². The molecule has 0 saturated carbocycles. The number of carbonyl (C=O) groups is 1. The summed E-state index contributed by atoms with van der Waals surface area (Å²) in [5.41, 5.74) is 4.01. The molecule has 0 fully saturated rings. The maximum Gasteiger partial charge on any atom is 0.256 e. The minimum atomic E-state index is -0.0200. The summed E-state index contributed by atoms with van der Waals surface area (Å²) in [4.78, 5) is 18.6. The third-order valence-electron chi connectivity index (χ3n) is 4.83. The molecule has 1 amide bonds. The number of benzene rings is 1. The minimum absolute atomic E-state index is 0.0200. The first-order valence-electron chi connectivity index (χ1n) is 8.39. The third-order valence-corrected chi connectivity index (χ3v) is 5.83. The summed E-state index contributed by atoms with van der Waals surface area (Å²) in [6, 6.07) is 12.4. The highest BCUT2D eigenvalue weighted by atomic mass is 32.1. The van der Waals surface area contributed by atoms with Crippen LogP contribution in [0.5, 0.6) is 0 Å². The lowest BCUT2D eigenvalue weighted by Crippen LogP contribution is -2.41. The van der Waals surface area contributed by atoms with E-state index in [-0.39, 0.29) is 11.9 Å². The first kappa shape index (κ1) is 15.9. The number of thiophene rings is 1. The number of likely N-dealkylation sites (N-methyl/N-ethyl adjacent to an activating group) is 1. The van der Waals surface area contributed by atoms with Crippen LogP contribution in [0.15, 0.2) is 78.0 Å². The molecule has 0 bridgehead atoms. The van der Waals surface area contributed by atoms with E-state index in [0.29, 0.717) is 5.57 Å². The fourth-order valence-corrected chi connectivity index (χ4v) is 4.36. The maximum absolute atomic E-state index is 13.3. The quantitative estimate of drug-likeness (QED) is 0.815. The highest BCUT2D eigenvalue weighted by molar-refractivity contribution is 7.10. The standard InChI is InChI=1S/C21H20N2OS/c1-15-8-9-17(14-22(15)2)21(24)23-12-10-19-18(11-13-25-19)20(23)16-6-4-3-5-7-16/h3-9,11,13-14,20H,1,10,12H2,2H3. The fraction of sp³-hybridized carbons (Fsp3) is 0.190. The van der Waals surface area contributed by atoms with Crippen molar-refractivity contribution in [3.05, 3.63) is 94.0 Å². The van der Waals surface area contributed by atoms with Crippen molar-refractivity contribution in [2.24, 2.45) is 0 Å².